The molecule has 0 saturated carbocycles. The maximum Gasteiger partial charge on any atom is 0.234 e. The zero-order valence-electron chi connectivity index (χ0n) is 9.19. The molecule has 0 spiro atoms. The predicted molar refractivity (Wildman–Crippen MR) is 63.9 cm³/mol. The van der Waals surface area contributed by atoms with E-state index in [0.717, 1.165) is 5.69 Å². The SMILES string of the molecule is CCS(=O)(=O)N(C)c1ccc(NC)cc1. The first kappa shape index (κ1) is 11.8. The molecular formula is C10H16N2O2S. The van der Waals surface area contributed by atoms with Crippen molar-refractivity contribution in [2.45, 2.75) is 6.92 Å². The summed E-state index contributed by atoms with van der Waals surface area (Å²) in [6.45, 7) is 1.63. The van der Waals surface area contributed by atoms with Crippen molar-refractivity contribution in [3.8, 4) is 0 Å². The van der Waals surface area contributed by atoms with Crippen LogP contribution in [0.25, 0.3) is 0 Å². The number of nitrogens with one attached hydrogen (secondary N) is 1. The Morgan fingerprint density at radius 2 is 1.80 bits per heavy atom. The van der Waals surface area contributed by atoms with Gasteiger partial charge in [0.15, 0.2) is 0 Å². The molecule has 0 saturated heterocycles. The van der Waals surface area contributed by atoms with Gasteiger partial charge in [0.1, 0.15) is 0 Å². The number of hydrogen-bond acceptors (Lipinski definition) is 3. The zero-order valence-corrected chi connectivity index (χ0v) is 10.0. The third kappa shape index (κ3) is 2.62. The van der Waals surface area contributed by atoms with Crippen molar-refractivity contribution in [2.24, 2.45) is 0 Å². The molecule has 5 heteroatoms. The Balaban J connectivity index is 2.97. The van der Waals surface area contributed by atoms with Crippen molar-refractivity contribution in [3.63, 3.8) is 0 Å². The number of sulfonamides is 1. The summed E-state index contributed by atoms with van der Waals surface area (Å²) in [5.74, 6) is 0.108. The van der Waals surface area contributed by atoms with Crippen LogP contribution in [0.2, 0.25) is 0 Å². The van der Waals surface area contributed by atoms with E-state index in [1.165, 1.54) is 4.31 Å². The van der Waals surface area contributed by atoms with Gasteiger partial charge in [0.05, 0.1) is 11.4 Å². The van der Waals surface area contributed by atoms with Gasteiger partial charge in [-0.05, 0) is 31.2 Å². The van der Waals surface area contributed by atoms with Crippen LogP contribution in [-0.4, -0.2) is 28.3 Å². The van der Waals surface area contributed by atoms with Crippen molar-refractivity contribution in [3.05, 3.63) is 24.3 Å². The summed E-state index contributed by atoms with van der Waals surface area (Å²) in [4.78, 5) is 0. The summed E-state index contributed by atoms with van der Waals surface area (Å²) < 4.78 is 24.4. The molecule has 0 aromatic heterocycles. The third-order valence-electron chi connectivity index (χ3n) is 2.30. The quantitative estimate of drug-likeness (QED) is 0.850. The summed E-state index contributed by atoms with van der Waals surface area (Å²) >= 11 is 0. The van der Waals surface area contributed by atoms with Crippen LogP contribution < -0.4 is 9.62 Å². The van der Waals surface area contributed by atoms with Gasteiger partial charge in [-0.3, -0.25) is 4.31 Å². The van der Waals surface area contributed by atoms with E-state index in [1.54, 1.807) is 26.1 Å². The number of hydrogen-bond donors (Lipinski definition) is 1. The van der Waals surface area contributed by atoms with E-state index in [9.17, 15) is 8.42 Å². The van der Waals surface area contributed by atoms with Gasteiger partial charge in [-0.2, -0.15) is 0 Å². The first-order chi connectivity index (χ1) is 7.01. The summed E-state index contributed by atoms with van der Waals surface area (Å²) in [5.41, 5.74) is 1.64. The molecule has 1 N–H and O–H groups in total. The molecule has 0 heterocycles. The number of benzene rings is 1. The van der Waals surface area contributed by atoms with Crippen LogP contribution in [0.4, 0.5) is 11.4 Å². The number of anilines is 2. The first-order valence-corrected chi connectivity index (χ1v) is 6.36. The maximum atomic E-state index is 11.6. The van der Waals surface area contributed by atoms with Gasteiger partial charge >= 0.3 is 0 Å². The van der Waals surface area contributed by atoms with Crippen LogP contribution in [0.3, 0.4) is 0 Å². The number of nitrogens with zero attached hydrogens (tertiary/aromatic N) is 1. The minimum Gasteiger partial charge on any atom is -0.388 e. The molecule has 0 amide bonds. The predicted octanol–water partition coefficient (Wildman–Crippen LogP) is 1.51. The fraction of sp³-hybridized carbons (Fsp3) is 0.400. The normalized spacial score (nSPS) is 11.1. The van der Waals surface area contributed by atoms with Crippen LogP contribution in [0, 0.1) is 0 Å². The molecule has 0 bridgehead atoms. The average Bonchev–Trinajstić information content (AvgIpc) is 2.28. The van der Waals surface area contributed by atoms with Crippen LogP contribution >= 0.6 is 0 Å². The van der Waals surface area contributed by atoms with Gasteiger partial charge in [-0.1, -0.05) is 0 Å². The lowest BCUT2D eigenvalue weighted by atomic mass is 10.3. The van der Waals surface area contributed by atoms with E-state index >= 15 is 0 Å². The van der Waals surface area contributed by atoms with E-state index < -0.39 is 10.0 Å². The molecule has 0 aliphatic carbocycles. The van der Waals surface area contributed by atoms with Crippen molar-refractivity contribution in [1.29, 1.82) is 0 Å². The minimum absolute atomic E-state index is 0.108. The van der Waals surface area contributed by atoms with Gasteiger partial charge in [0.2, 0.25) is 10.0 Å². The lowest BCUT2D eigenvalue weighted by Gasteiger charge is -2.18. The Kier molecular flexibility index (Phi) is 3.57. The monoisotopic (exact) mass is 228 g/mol. The second-order valence-electron chi connectivity index (χ2n) is 3.16. The highest BCUT2D eigenvalue weighted by Crippen LogP contribution is 2.18. The Morgan fingerprint density at radius 1 is 1.27 bits per heavy atom. The largest absolute Gasteiger partial charge is 0.388 e. The molecule has 84 valence electrons. The van der Waals surface area contributed by atoms with E-state index in [2.05, 4.69) is 5.32 Å². The molecule has 0 aliphatic rings. The smallest absolute Gasteiger partial charge is 0.234 e. The van der Waals surface area contributed by atoms with Crippen LogP contribution in [0.15, 0.2) is 24.3 Å². The van der Waals surface area contributed by atoms with Crippen molar-refractivity contribution in [1.82, 2.24) is 0 Å². The minimum atomic E-state index is -3.16. The molecule has 1 rings (SSSR count). The number of rotatable bonds is 4. The molecule has 15 heavy (non-hydrogen) atoms. The van der Waals surface area contributed by atoms with Crippen LogP contribution in [0.5, 0.6) is 0 Å². The Hall–Kier alpha value is -1.23. The summed E-state index contributed by atoms with van der Waals surface area (Å²) in [6.07, 6.45) is 0. The van der Waals surface area contributed by atoms with Gasteiger partial charge in [0, 0.05) is 19.8 Å². The molecule has 1 aromatic rings. The molecule has 4 nitrogen and oxygen atoms in total. The van der Waals surface area contributed by atoms with Gasteiger partial charge < -0.3 is 5.32 Å². The standard InChI is InChI=1S/C10H16N2O2S/c1-4-15(13,14)12(3)10-7-5-9(11-2)6-8-10/h5-8,11H,4H2,1-3H3. The molecule has 0 fully saturated rings. The van der Waals surface area contributed by atoms with Gasteiger partial charge in [-0.15, -0.1) is 0 Å². The summed E-state index contributed by atoms with van der Waals surface area (Å²) in [5, 5.41) is 2.98. The maximum absolute atomic E-state index is 11.6. The zero-order chi connectivity index (χ0) is 11.5. The highest BCUT2D eigenvalue weighted by molar-refractivity contribution is 7.92. The lowest BCUT2D eigenvalue weighted by molar-refractivity contribution is 0.595. The van der Waals surface area contributed by atoms with Crippen LogP contribution in [0.1, 0.15) is 6.92 Å². The second kappa shape index (κ2) is 4.53. The van der Waals surface area contributed by atoms with Gasteiger partial charge in [-0.25, -0.2) is 8.42 Å². The van der Waals surface area contributed by atoms with Crippen LogP contribution in [-0.2, 0) is 10.0 Å². The van der Waals surface area contributed by atoms with Crippen molar-refractivity contribution in [2.75, 3.05) is 29.5 Å². The third-order valence-corrected chi connectivity index (χ3v) is 4.08. The fourth-order valence-corrected chi connectivity index (χ4v) is 2.02. The lowest BCUT2D eigenvalue weighted by Crippen LogP contribution is -2.27. The highest BCUT2D eigenvalue weighted by Gasteiger charge is 2.15. The van der Waals surface area contributed by atoms with E-state index in [4.69, 9.17) is 0 Å². The average molecular weight is 228 g/mol. The molecule has 0 unspecified atom stereocenters. The molecule has 0 aliphatic heterocycles. The van der Waals surface area contributed by atoms with E-state index in [1.807, 2.05) is 19.2 Å². The Labute approximate surface area is 91.0 Å². The molecule has 1 aromatic carbocycles. The molecule has 0 atom stereocenters. The fourth-order valence-electron chi connectivity index (χ4n) is 1.19. The summed E-state index contributed by atoms with van der Waals surface area (Å²) in [7, 11) is 0.226. The molecule has 0 radical (unpaired) electrons. The van der Waals surface area contributed by atoms with Gasteiger partial charge in [0.25, 0.3) is 0 Å². The highest BCUT2D eigenvalue weighted by atomic mass is 32.2. The van der Waals surface area contributed by atoms with E-state index in [-0.39, 0.29) is 5.75 Å². The second-order valence-corrected chi connectivity index (χ2v) is 5.45. The molecular weight excluding hydrogens is 212 g/mol. The van der Waals surface area contributed by atoms with E-state index in [0.29, 0.717) is 5.69 Å². The topological polar surface area (TPSA) is 49.4 Å². The van der Waals surface area contributed by atoms with Crippen molar-refractivity contribution < 1.29 is 8.42 Å². The Morgan fingerprint density at radius 3 is 2.20 bits per heavy atom. The summed E-state index contributed by atoms with van der Waals surface area (Å²) in [6, 6.07) is 7.24. The van der Waals surface area contributed by atoms with Crippen molar-refractivity contribution >= 4 is 21.4 Å². The Bertz CT molecular complexity index is 412. The first-order valence-electron chi connectivity index (χ1n) is 4.75.